The number of fused-ring (bicyclic) bond motifs is 1. The highest BCUT2D eigenvalue weighted by Gasteiger charge is 2.29. The Hall–Kier alpha value is -1.92. The van der Waals surface area contributed by atoms with Gasteiger partial charge in [-0.15, -0.1) is 0 Å². The number of carbonyl (C=O) groups excluding carboxylic acids is 1. The molecular formula is C17H21FN2O3. The van der Waals surface area contributed by atoms with Gasteiger partial charge >= 0.3 is 0 Å². The molecule has 5 nitrogen and oxygen atoms in total. The number of hydrogen-bond acceptors (Lipinski definition) is 3. The van der Waals surface area contributed by atoms with Crippen molar-refractivity contribution in [3.05, 3.63) is 35.3 Å². The summed E-state index contributed by atoms with van der Waals surface area (Å²) in [5.41, 5.74) is 1.51. The molecule has 1 fully saturated rings. The number of benzene rings is 1. The van der Waals surface area contributed by atoms with Crippen molar-refractivity contribution < 1.29 is 18.7 Å². The lowest BCUT2D eigenvalue weighted by atomic mass is 10.1. The SMILES string of the molecule is CCO[C@@H]1COCC[C@H]1NC(=O)c1[nH]c2c(F)cccc2c1C. The molecule has 124 valence electrons. The zero-order valence-corrected chi connectivity index (χ0v) is 13.3. The Balaban J connectivity index is 1.83. The van der Waals surface area contributed by atoms with E-state index < -0.39 is 0 Å². The Morgan fingerprint density at radius 1 is 1.52 bits per heavy atom. The molecule has 23 heavy (non-hydrogen) atoms. The van der Waals surface area contributed by atoms with Crippen molar-refractivity contribution >= 4 is 16.8 Å². The molecule has 1 aliphatic heterocycles. The van der Waals surface area contributed by atoms with E-state index in [1.54, 1.807) is 12.1 Å². The van der Waals surface area contributed by atoms with E-state index in [0.29, 0.717) is 37.5 Å². The molecule has 0 unspecified atom stereocenters. The molecule has 1 aromatic heterocycles. The third kappa shape index (κ3) is 3.09. The molecular weight excluding hydrogens is 299 g/mol. The van der Waals surface area contributed by atoms with E-state index in [9.17, 15) is 9.18 Å². The number of rotatable bonds is 4. The van der Waals surface area contributed by atoms with Crippen LogP contribution in [0.5, 0.6) is 0 Å². The monoisotopic (exact) mass is 320 g/mol. The number of aryl methyl sites for hydroxylation is 1. The summed E-state index contributed by atoms with van der Waals surface area (Å²) in [5, 5.41) is 3.72. The summed E-state index contributed by atoms with van der Waals surface area (Å²) in [7, 11) is 0. The average molecular weight is 320 g/mol. The molecule has 2 atom stereocenters. The van der Waals surface area contributed by atoms with E-state index in [1.165, 1.54) is 6.07 Å². The van der Waals surface area contributed by atoms with Crippen molar-refractivity contribution in [2.45, 2.75) is 32.4 Å². The van der Waals surface area contributed by atoms with Crippen molar-refractivity contribution in [1.82, 2.24) is 10.3 Å². The van der Waals surface area contributed by atoms with Crippen LogP contribution in [-0.4, -0.2) is 42.9 Å². The largest absolute Gasteiger partial charge is 0.379 e. The molecule has 1 amide bonds. The third-order valence-corrected chi connectivity index (χ3v) is 4.27. The second-order valence-electron chi connectivity index (χ2n) is 5.72. The zero-order chi connectivity index (χ0) is 16.4. The van der Waals surface area contributed by atoms with Gasteiger partial charge in [0.2, 0.25) is 0 Å². The fourth-order valence-corrected chi connectivity index (χ4v) is 3.04. The third-order valence-electron chi connectivity index (χ3n) is 4.27. The maximum atomic E-state index is 13.9. The standard InChI is InChI=1S/C17H21FN2O3/c1-3-23-14-9-22-8-7-13(14)19-17(21)15-10(2)11-5-4-6-12(18)16(11)20-15/h4-6,13-14,20H,3,7-9H2,1-2H3,(H,19,21)/t13-,14-/m1/s1. The highest BCUT2D eigenvalue weighted by molar-refractivity contribution is 6.01. The summed E-state index contributed by atoms with van der Waals surface area (Å²) in [6, 6.07) is 4.72. The van der Waals surface area contributed by atoms with E-state index >= 15 is 0 Å². The van der Waals surface area contributed by atoms with E-state index in [2.05, 4.69) is 10.3 Å². The second-order valence-corrected chi connectivity index (χ2v) is 5.72. The number of hydrogen-bond donors (Lipinski definition) is 2. The number of nitrogens with one attached hydrogen (secondary N) is 2. The predicted molar refractivity (Wildman–Crippen MR) is 85.1 cm³/mol. The molecule has 2 heterocycles. The molecule has 0 saturated carbocycles. The highest BCUT2D eigenvalue weighted by Crippen LogP contribution is 2.24. The van der Waals surface area contributed by atoms with Crippen LogP contribution in [0.1, 0.15) is 29.4 Å². The molecule has 0 bridgehead atoms. The van der Waals surface area contributed by atoms with Crippen molar-refractivity contribution in [3.63, 3.8) is 0 Å². The maximum Gasteiger partial charge on any atom is 0.268 e. The Labute approximate surface area is 134 Å². The van der Waals surface area contributed by atoms with Crippen molar-refractivity contribution in [2.24, 2.45) is 0 Å². The van der Waals surface area contributed by atoms with Crippen molar-refractivity contribution in [3.8, 4) is 0 Å². The number of ether oxygens (including phenoxy) is 2. The van der Waals surface area contributed by atoms with Gasteiger partial charge in [-0.3, -0.25) is 4.79 Å². The fraction of sp³-hybridized carbons (Fsp3) is 0.471. The summed E-state index contributed by atoms with van der Waals surface area (Å²) >= 11 is 0. The minimum atomic E-state index is -0.358. The number of aromatic nitrogens is 1. The van der Waals surface area contributed by atoms with Crippen LogP contribution in [0.15, 0.2) is 18.2 Å². The van der Waals surface area contributed by atoms with E-state index in [0.717, 1.165) is 10.9 Å². The first-order valence-corrected chi connectivity index (χ1v) is 7.88. The van der Waals surface area contributed by atoms with Gasteiger partial charge in [0.25, 0.3) is 5.91 Å². The van der Waals surface area contributed by atoms with Gasteiger partial charge in [-0.1, -0.05) is 12.1 Å². The average Bonchev–Trinajstić information content (AvgIpc) is 2.88. The molecule has 0 radical (unpaired) electrons. The summed E-state index contributed by atoms with van der Waals surface area (Å²) in [5.74, 6) is -0.599. The van der Waals surface area contributed by atoms with Crippen LogP contribution >= 0.6 is 0 Å². The van der Waals surface area contributed by atoms with Crippen LogP contribution < -0.4 is 5.32 Å². The molecule has 0 spiro atoms. The molecule has 2 aromatic rings. The first-order chi connectivity index (χ1) is 11.1. The molecule has 3 rings (SSSR count). The van der Waals surface area contributed by atoms with Crippen LogP contribution in [0, 0.1) is 12.7 Å². The first-order valence-electron chi connectivity index (χ1n) is 7.88. The van der Waals surface area contributed by atoms with Gasteiger partial charge in [0.1, 0.15) is 17.6 Å². The van der Waals surface area contributed by atoms with Gasteiger partial charge in [0, 0.05) is 18.6 Å². The van der Waals surface area contributed by atoms with Crippen LogP contribution in [0.4, 0.5) is 4.39 Å². The molecule has 1 saturated heterocycles. The molecule has 2 N–H and O–H groups in total. The van der Waals surface area contributed by atoms with E-state index in [4.69, 9.17) is 9.47 Å². The van der Waals surface area contributed by atoms with Gasteiger partial charge < -0.3 is 19.8 Å². The topological polar surface area (TPSA) is 63.4 Å². The van der Waals surface area contributed by atoms with Crippen LogP contribution in [-0.2, 0) is 9.47 Å². The van der Waals surface area contributed by atoms with Gasteiger partial charge in [-0.05, 0) is 31.9 Å². The number of halogens is 1. The molecule has 1 aliphatic rings. The Morgan fingerprint density at radius 2 is 2.35 bits per heavy atom. The molecule has 0 aliphatic carbocycles. The maximum absolute atomic E-state index is 13.9. The number of H-pyrrole nitrogens is 1. The van der Waals surface area contributed by atoms with Gasteiger partial charge in [0.15, 0.2) is 0 Å². The smallest absolute Gasteiger partial charge is 0.268 e. The summed E-state index contributed by atoms with van der Waals surface area (Å²) in [6.07, 6.45) is 0.545. The van der Waals surface area contributed by atoms with Crippen molar-refractivity contribution in [2.75, 3.05) is 19.8 Å². The Morgan fingerprint density at radius 3 is 3.09 bits per heavy atom. The van der Waals surface area contributed by atoms with E-state index in [-0.39, 0.29) is 23.9 Å². The van der Waals surface area contributed by atoms with E-state index in [1.807, 2.05) is 13.8 Å². The number of carbonyl (C=O) groups is 1. The van der Waals surface area contributed by atoms with Crippen LogP contribution in [0.2, 0.25) is 0 Å². The van der Waals surface area contributed by atoms with Crippen molar-refractivity contribution in [1.29, 1.82) is 0 Å². The normalized spacial score (nSPS) is 21.5. The van der Waals surface area contributed by atoms with Gasteiger partial charge in [-0.2, -0.15) is 0 Å². The van der Waals surface area contributed by atoms with Gasteiger partial charge in [-0.25, -0.2) is 4.39 Å². The number of aromatic amines is 1. The summed E-state index contributed by atoms with van der Waals surface area (Å²) in [6.45, 7) is 5.36. The summed E-state index contributed by atoms with van der Waals surface area (Å²) in [4.78, 5) is 15.5. The van der Waals surface area contributed by atoms with Crippen LogP contribution in [0.25, 0.3) is 10.9 Å². The van der Waals surface area contributed by atoms with Crippen LogP contribution in [0.3, 0.4) is 0 Å². The minimum Gasteiger partial charge on any atom is -0.379 e. The lowest BCUT2D eigenvalue weighted by Gasteiger charge is -2.31. The Kier molecular flexibility index (Phi) is 4.63. The summed E-state index contributed by atoms with van der Waals surface area (Å²) < 4.78 is 24.9. The molecule has 6 heteroatoms. The number of para-hydroxylation sites is 1. The lowest BCUT2D eigenvalue weighted by Crippen LogP contribution is -2.50. The number of amides is 1. The minimum absolute atomic E-state index is 0.105. The van der Waals surface area contributed by atoms with Gasteiger partial charge in [0.05, 0.1) is 18.2 Å². The fourth-order valence-electron chi connectivity index (χ4n) is 3.04. The zero-order valence-electron chi connectivity index (χ0n) is 13.3. The quantitative estimate of drug-likeness (QED) is 0.910. The predicted octanol–water partition coefficient (Wildman–Crippen LogP) is 2.54. The first kappa shape index (κ1) is 16.0. The molecule has 1 aromatic carbocycles. The second kappa shape index (κ2) is 6.68. The Bertz CT molecular complexity index is 711. The lowest BCUT2D eigenvalue weighted by molar-refractivity contribution is -0.0633. The highest BCUT2D eigenvalue weighted by atomic mass is 19.1.